The Morgan fingerprint density at radius 3 is 2.79 bits per heavy atom. The Balaban J connectivity index is 2.09. The summed E-state index contributed by atoms with van der Waals surface area (Å²) in [5.41, 5.74) is 3.87. The van der Waals surface area contributed by atoms with Crippen molar-refractivity contribution in [1.29, 1.82) is 0 Å². The lowest BCUT2D eigenvalue weighted by Gasteiger charge is -2.20. The lowest BCUT2D eigenvalue weighted by Crippen LogP contribution is -2.22. The van der Waals surface area contributed by atoms with E-state index >= 15 is 0 Å². The molecule has 1 unspecified atom stereocenters. The predicted molar refractivity (Wildman–Crippen MR) is 76.9 cm³/mol. The van der Waals surface area contributed by atoms with Gasteiger partial charge in [-0.2, -0.15) is 5.10 Å². The average Bonchev–Trinajstić information content (AvgIpc) is 2.81. The van der Waals surface area contributed by atoms with Crippen molar-refractivity contribution in [1.82, 2.24) is 20.1 Å². The van der Waals surface area contributed by atoms with Gasteiger partial charge in [-0.1, -0.05) is 6.92 Å². The molecule has 1 N–H and O–H groups in total. The van der Waals surface area contributed by atoms with E-state index in [9.17, 15) is 0 Å². The van der Waals surface area contributed by atoms with E-state index in [2.05, 4.69) is 41.4 Å². The van der Waals surface area contributed by atoms with Crippen LogP contribution in [-0.4, -0.2) is 21.3 Å². The summed E-state index contributed by atoms with van der Waals surface area (Å²) in [7, 11) is 2.00. The molecule has 4 nitrogen and oxygen atoms in total. The average molecular weight is 258 g/mol. The largest absolute Gasteiger partial charge is 0.310 e. The molecule has 0 aliphatic heterocycles. The first-order valence-electron chi connectivity index (χ1n) is 6.83. The number of aromatic nitrogens is 3. The van der Waals surface area contributed by atoms with Crippen LogP contribution in [-0.2, 0) is 13.5 Å². The standard InChI is InChI=1S/C15H22N4/c1-4-17-15(14-8-9-16-11-12(14)2)6-5-13-7-10-18-19(13)3/h7-11,15,17H,4-6H2,1-3H3. The highest BCUT2D eigenvalue weighted by molar-refractivity contribution is 5.25. The minimum absolute atomic E-state index is 0.378. The molecule has 0 aromatic carbocycles. The lowest BCUT2D eigenvalue weighted by atomic mass is 9.98. The van der Waals surface area contributed by atoms with Crippen LogP contribution < -0.4 is 5.32 Å². The summed E-state index contributed by atoms with van der Waals surface area (Å²) >= 11 is 0. The fraction of sp³-hybridized carbons (Fsp3) is 0.467. The van der Waals surface area contributed by atoms with Gasteiger partial charge >= 0.3 is 0 Å². The maximum atomic E-state index is 4.22. The molecular weight excluding hydrogens is 236 g/mol. The predicted octanol–water partition coefficient (Wildman–Crippen LogP) is 2.41. The van der Waals surface area contributed by atoms with E-state index in [0.717, 1.165) is 19.4 Å². The minimum Gasteiger partial charge on any atom is -0.310 e. The van der Waals surface area contributed by atoms with Crippen LogP contribution in [0.15, 0.2) is 30.7 Å². The monoisotopic (exact) mass is 258 g/mol. The molecule has 0 spiro atoms. The van der Waals surface area contributed by atoms with Crippen LogP contribution in [0.5, 0.6) is 0 Å². The van der Waals surface area contributed by atoms with Gasteiger partial charge < -0.3 is 5.32 Å². The van der Waals surface area contributed by atoms with Gasteiger partial charge in [-0.15, -0.1) is 0 Å². The molecule has 2 rings (SSSR count). The van der Waals surface area contributed by atoms with E-state index in [-0.39, 0.29) is 0 Å². The van der Waals surface area contributed by atoms with Crippen molar-refractivity contribution in [2.75, 3.05) is 6.54 Å². The Kier molecular flexibility index (Phi) is 4.68. The Labute approximate surface area is 114 Å². The van der Waals surface area contributed by atoms with E-state index in [4.69, 9.17) is 0 Å². The molecular formula is C15H22N4. The molecule has 0 aliphatic carbocycles. The second-order valence-corrected chi connectivity index (χ2v) is 4.83. The molecule has 0 saturated heterocycles. The van der Waals surface area contributed by atoms with Crippen LogP contribution in [0, 0.1) is 6.92 Å². The van der Waals surface area contributed by atoms with Gasteiger partial charge in [0.2, 0.25) is 0 Å². The second-order valence-electron chi connectivity index (χ2n) is 4.83. The van der Waals surface area contributed by atoms with Gasteiger partial charge in [0.05, 0.1) is 0 Å². The SMILES string of the molecule is CCNC(CCc1ccnn1C)c1ccncc1C. The van der Waals surface area contributed by atoms with E-state index in [0.29, 0.717) is 6.04 Å². The summed E-state index contributed by atoms with van der Waals surface area (Å²) in [4.78, 5) is 4.17. The number of rotatable bonds is 6. The maximum Gasteiger partial charge on any atom is 0.0492 e. The van der Waals surface area contributed by atoms with Gasteiger partial charge in [-0.3, -0.25) is 9.67 Å². The lowest BCUT2D eigenvalue weighted by molar-refractivity contribution is 0.503. The zero-order valence-electron chi connectivity index (χ0n) is 11.9. The number of aryl methyl sites for hydroxylation is 3. The van der Waals surface area contributed by atoms with E-state index < -0.39 is 0 Å². The molecule has 19 heavy (non-hydrogen) atoms. The quantitative estimate of drug-likeness (QED) is 0.865. The first-order chi connectivity index (χ1) is 9.22. The van der Waals surface area contributed by atoms with E-state index in [1.54, 1.807) is 0 Å². The van der Waals surface area contributed by atoms with Gasteiger partial charge in [-0.25, -0.2) is 0 Å². The smallest absolute Gasteiger partial charge is 0.0492 e. The zero-order valence-corrected chi connectivity index (χ0v) is 11.9. The van der Waals surface area contributed by atoms with Gasteiger partial charge in [-0.05, 0) is 49.6 Å². The third-order valence-corrected chi connectivity index (χ3v) is 3.50. The zero-order chi connectivity index (χ0) is 13.7. The molecule has 4 heteroatoms. The molecule has 0 bridgehead atoms. The summed E-state index contributed by atoms with van der Waals surface area (Å²) in [5, 5.41) is 7.78. The Bertz CT molecular complexity index is 518. The molecule has 0 radical (unpaired) electrons. The van der Waals surface area contributed by atoms with Crippen LogP contribution in [0.1, 0.15) is 36.2 Å². The Morgan fingerprint density at radius 2 is 2.16 bits per heavy atom. The van der Waals surface area contributed by atoms with Gasteiger partial charge in [0.25, 0.3) is 0 Å². The maximum absolute atomic E-state index is 4.22. The van der Waals surface area contributed by atoms with E-state index in [1.807, 2.05) is 30.3 Å². The molecule has 1 atom stereocenters. The van der Waals surface area contributed by atoms with Crippen molar-refractivity contribution in [2.45, 2.75) is 32.7 Å². The minimum atomic E-state index is 0.378. The number of hydrogen-bond donors (Lipinski definition) is 1. The Hall–Kier alpha value is -1.68. The summed E-state index contributed by atoms with van der Waals surface area (Å²) < 4.78 is 1.95. The third-order valence-electron chi connectivity index (χ3n) is 3.50. The fourth-order valence-electron chi connectivity index (χ4n) is 2.43. The van der Waals surface area contributed by atoms with Crippen LogP contribution in [0.3, 0.4) is 0 Å². The summed E-state index contributed by atoms with van der Waals surface area (Å²) in [6, 6.07) is 4.58. The van der Waals surface area contributed by atoms with Crippen LogP contribution in [0.2, 0.25) is 0 Å². The molecule has 2 heterocycles. The van der Waals surface area contributed by atoms with Crippen LogP contribution in [0.4, 0.5) is 0 Å². The molecule has 0 amide bonds. The van der Waals surface area contributed by atoms with E-state index in [1.165, 1.54) is 16.8 Å². The first-order valence-corrected chi connectivity index (χ1v) is 6.83. The van der Waals surface area contributed by atoms with Gasteiger partial charge in [0.15, 0.2) is 0 Å². The van der Waals surface area contributed by atoms with Crippen molar-refractivity contribution in [3.63, 3.8) is 0 Å². The van der Waals surface area contributed by atoms with Crippen molar-refractivity contribution in [3.05, 3.63) is 47.5 Å². The topological polar surface area (TPSA) is 42.7 Å². The number of hydrogen-bond acceptors (Lipinski definition) is 3. The van der Waals surface area contributed by atoms with Crippen molar-refractivity contribution < 1.29 is 0 Å². The van der Waals surface area contributed by atoms with Crippen molar-refractivity contribution >= 4 is 0 Å². The number of nitrogens with zero attached hydrogens (tertiary/aromatic N) is 3. The summed E-state index contributed by atoms with van der Waals surface area (Å²) in [6.07, 6.45) is 7.75. The normalized spacial score (nSPS) is 12.6. The van der Waals surface area contributed by atoms with Crippen molar-refractivity contribution in [2.24, 2.45) is 7.05 Å². The number of pyridine rings is 1. The fourth-order valence-corrected chi connectivity index (χ4v) is 2.43. The van der Waals surface area contributed by atoms with Gasteiger partial charge in [0.1, 0.15) is 0 Å². The molecule has 0 aliphatic rings. The highest BCUT2D eigenvalue weighted by Crippen LogP contribution is 2.21. The van der Waals surface area contributed by atoms with Crippen molar-refractivity contribution in [3.8, 4) is 0 Å². The Morgan fingerprint density at radius 1 is 1.32 bits per heavy atom. The molecule has 2 aromatic rings. The first kappa shape index (κ1) is 13.7. The van der Waals surface area contributed by atoms with Crippen LogP contribution >= 0.6 is 0 Å². The third kappa shape index (κ3) is 3.41. The molecule has 102 valence electrons. The summed E-state index contributed by atoms with van der Waals surface area (Å²) in [6.45, 7) is 5.24. The summed E-state index contributed by atoms with van der Waals surface area (Å²) in [5.74, 6) is 0. The molecule has 2 aromatic heterocycles. The highest BCUT2D eigenvalue weighted by Gasteiger charge is 2.13. The second kappa shape index (κ2) is 6.48. The van der Waals surface area contributed by atoms with Crippen LogP contribution in [0.25, 0.3) is 0 Å². The number of nitrogens with one attached hydrogen (secondary N) is 1. The van der Waals surface area contributed by atoms with Gasteiger partial charge in [0, 0.05) is 37.4 Å². The molecule has 0 fully saturated rings. The highest BCUT2D eigenvalue weighted by atomic mass is 15.2. The molecule has 0 saturated carbocycles.